The van der Waals surface area contributed by atoms with Gasteiger partial charge < -0.3 is 9.84 Å². The summed E-state index contributed by atoms with van der Waals surface area (Å²) in [6.45, 7) is 4.11. The fraction of sp³-hybridized carbons (Fsp3) is 0.615. The zero-order valence-corrected chi connectivity index (χ0v) is 10.3. The van der Waals surface area contributed by atoms with Crippen LogP contribution in [0.25, 0.3) is 0 Å². The highest BCUT2D eigenvalue weighted by atomic mass is 16.5. The van der Waals surface area contributed by atoms with E-state index in [9.17, 15) is 5.11 Å². The molecule has 3 nitrogen and oxygen atoms in total. The SMILES string of the molecule is CCc1ccc(CC(O)C(CC)OC)nc1. The molecule has 0 amide bonds. The van der Waals surface area contributed by atoms with Crippen molar-refractivity contribution in [1.29, 1.82) is 0 Å². The van der Waals surface area contributed by atoms with Gasteiger partial charge in [-0.2, -0.15) is 0 Å². The van der Waals surface area contributed by atoms with E-state index in [2.05, 4.69) is 18.0 Å². The molecule has 1 aromatic rings. The minimum atomic E-state index is -0.477. The summed E-state index contributed by atoms with van der Waals surface area (Å²) in [5, 5.41) is 9.92. The second kappa shape index (κ2) is 6.61. The Labute approximate surface area is 97.5 Å². The number of methoxy groups -OCH3 is 1. The molecule has 1 rings (SSSR count). The topological polar surface area (TPSA) is 42.4 Å². The Bertz CT molecular complexity index is 293. The van der Waals surface area contributed by atoms with Gasteiger partial charge in [-0.25, -0.2) is 0 Å². The van der Waals surface area contributed by atoms with Gasteiger partial charge in [0.1, 0.15) is 0 Å². The van der Waals surface area contributed by atoms with Crippen LogP contribution in [-0.2, 0) is 17.6 Å². The van der Waals surface area contributed by atoms with Crippen LogP contribution in [0, 0.1) is 0 Å². The maximum absolute atomic E-state index is 9.92. The second-order valence-corrected chi connectivity index (χ2v) is 3.97. The standard InChI is InChI=1S/C13H21NO2/c1-4-10-6-7-11(14-9-10)8-12(15)13(5-2)16-3/h6-7,9,12-13,15H,4-5,8H2,1-3H3. The Morgan fingerprint density at radius 3 is 2.56 bits per heavy atom. The third-order valence-corrected chi connectivity index (χ3v) is 2.85. The highest BCUT2D eigenvalue weighted by Crippen LogP contribution is 2.10. The van der Waals surface area contributed by atoms with E-state index >= 15 is 0 Å². The lowest BCUT2D eigenvalue weighted by Gasteiger charge is -2.19. The van der Waals surface area contributed by atoms with Crippen molar-refractivity contribution in [2.75, 3.05) is 7.11 Å². The molecule has 0 aromatic carbocycles. The third kappa shape index (κ3) is 3.58. The molecular formula is C13H21NO2. The molecule has 0 aliphatic carbocycles. The number of aromatic nitrogens is 1. The summed E-state index contributed by atoms with van der Waals surface area (Å²) in [6.07, 6.45) is 3.64. The van der Waals surface area contributed by atoms with Gasteiger partial charge in [0.25, 0.3) is 0 Å². The van der Waals surface area contributed by atoms with E-state index < -0.39 is 6.10 Å². The minimum absolute atomic E-state index is 0.104. The summed E-state index contributed by atoms with van der Waals surface area (Å²) in [5.41, 5.74) is 2.14. The van der Waals surface area contributed by atoms with E-state index in [1.807, 2.05) is 19.2 Å². The number of hydrogen-bond acceptors (Lipinski definition) is 3. The summed E-state index contributed by atoms with van der Waals surface area (Å²) < 4.78 is 5.20. The maximum Gasteiger partial charge on any atom is 0.0856 e. The molecule has 16 heavy (non-hydrogen) atoms. The molecular weight excluding hydrogens is 202 g/mol. The predicted molar refractivity (Wildman–Crippen MR) is 64.4 cm³/mol. The first-order chi connectivity index (χ1) is 7.71. The lowest BCUT2D eigenvalue weighted by atomic mass is 10.1. The Balaban J connectivity index is 2.58. The highest BCUT2D eigenvalue weighted by Gasteiger charge is 2.17. The van der Waals surface area contributed by atoms with E-state index in [1.165, 1.54) is 5.56 Å². The van der Waals surface area contributed by atoms with Crippen molar-refractivity contribution in [3.05, 3.63) is 29.6 Å². The maximum atomic E-state index is 9.92. The zero-order valence-electron chi connectivity index (χ0n) is 10.3. The van der Waals surface area contributed by atoms with Gasteiger partial charge in [0.2, 0.25) is 0 Å². The third-order valence-electron chi connectivity index (χ3n) is 2.85. The number of aliphatic hydroxyl groups is 1. The van der Waals surface area contributed by atoms with Gasteiger partial charge in [-0.3, -0.25) is 4.98 Å². The van der Waals surface area contributed by atoms with Crippen molar-refractivity contribution in [2.24, 2.45) is 0 Å². The Kier molecular flexibility index (Phi) is 5.43. The number of aliphatic hydroxyl groups excluding tert-OH is 1. The van der Waals surface area contributed by atoms with E-state index in [0.29, 0.717) is 6.42 Å². The second-order valence-electron chi connectivity index (χ2n) is 3.97. The monoisotopic (exact) mass is 223 g/mol. The van der Waals surface area contributed by atoms with Gasteiger partial charge in [0, 0.05) is 25.4 Å². The summed E-state index contributed by atoms with van der Waals surface area (Å²) in [4.78, 5) is 4.32. The van der Waals surface area contributed by atoms with Gasteiger partial charge in [-0.15, -0.1) is 0 Å². The van der Waals surface area contributed by atoms with E-state index in [-0.39, 0.29) is 6.10 Å². The van der Waals surface area contributed by atoms with E-state index in [0.717, 1.165) is 18.5 Å². The van der Waals surface area contributed by atoms with Gasteiger partial charge >= 0.3 is 0 Å². The first-order valence-electron chi connectivity index (χ1n) is 5.85. The molecule has 2 unspecified atom stereocenters. The average Bonchev–Trinajstić information content (AvgIpc) is 2.31. The van der Waals surface area contributed by atoms with Crippen molar-refractivity contribution in [2.45, 2.75) is 45.3 Å². The van der Waals surface area contributed by atoms with Crippen molar-refractivity contribution in [3.63, 3.8) is 0 Å². The molecule has 1 heterocycles. The Morgan fingerprint density at radius 1 is 1.38 bits per heavy atom. The van der Waals surface area contributed by atoms with Crippen LogP contribution in [0.3, 0.4) is 0 Å². The Hall–Kier alpha value is -0.930. The van der Waals surface area contributed by atoms with Crippen LogP contribution in [0.15, 0.2) is 18.3 Å². The largest absolute Gasteiger partial charge is 0.390 e. The lowest BCUT2D eigenvalue weighted by molar-refractivity contribution is -0.0132. The summed E-state index contributed by atoms with van der Waals surface area (Å²) in [6, 6.07) is 4.03. The molecule has 0 bridgehead atoms. The number of ether oxygens (including phenoxy) is 1. The van der Waals surface area contributed by atoms with Crippen LogP contribution in [-0.4, -0.2) is 29.4 Å². The molecule has 1 N–H and O–H groups in total. The molecule has 0 radical (unpaired) electrons. The van der Waals surface area contributed by atoms with Crippen molar-refractivity contribution in [3.8, 4) is 0 Å². The summed E-state index contributed by atoms with van der Waals surface area (Å²) >= 11 is 0. The number of hydrogen-bond donors (Lipinski definition) is 1. The van der Waals surface area contributed by atoms with Gasteiger partial charge in [0.15, 0.2) is 0 Å². The first-order valence-corrected chi connectivity index (χ1v) is 5.85. The molecule has 90 valence electrons. The number of rotatable bonds is 6. The molecule has 1 aromatic heterocycles. The fourth-order valence-electron chi connectivity index (χ4n) is 1.73. The minimum Gasteiger partial charge on any atom is -0.390 e. The predicted octanol–water partition coefficient (Wildman–Crippen LogP) is 1.97. The normalized spacial score (nSPS) is 14.8. The van der Waals surface area contributed by atoms with Gasteiger partial charge in [-0.05, 0) is 24.5 Å². The highest BCUT2D eigenvalue weighted by molar-refractivity contribution is 5.14. The molecule has 3 heteroatoms. The molecule has 0 fully saturated rings. The smallest absolute Gasteiger partial charge is 0.0856 e. The van der Waals surface area contributed by atoms with Crippen LogP contribution in [0.2, 0.25) is 0 Å². The van der Waals surface area contributed by atoms with Crippen LogP contribution >= 0.6 is 0 Å². The van der Waals surface area contributed by atoms with Gasteiger partial charge in [0.05, 0.1) is 12.2 Å². The number of aryl methyl sites for hydroxylation is 1. The van der Waals surface area contributed by atoms with Crippen LogP contribution < -0.4 is 0 Å². The fourth-order valence-corrected chi connectivity index (χ4v) is 1.73. The summed E-state index contributed by atoms with van der Waals surface area (Å²) in [5.74, 6) is 0. The van der Waals surface area contributed by atoms with Crippen molar-refractivity contribution in [1.82, 2.24) is 4.98 Å². The number of nitrogens with zero attached hydrogens (tertiary/aromatic N) is 1. The number of pyridine rings is 1. The Morgan fingerprint density at radius 2 is 2.12 bits per heavy atom. The van der Waals surface area contributed by atoms with Crippen molar-refractivity contribution < 1.29 is 9.84 Å². The molecule has 0 aliphatic heterocycles. The molecule has 0 aliphatic rings. The van der Waals surface area contributed by atoms with Crippen LogP contribution in [0.1, 0.15) is 31.5 Å². The first kappa shape index (κ1) is 13.1. The molecule has 0 saturated carbocycles. The molecule has 2 atom stereocenters. The van der Waals surface area contributed by atoms with Gasteiger partial charge in [-0.1, -0.05) is 19.9 Å². The average molecular weight is 223 g/mol. The van der Waals surface area contributed by atoms with Crippen LogP contribution in [0.4, 0.5) is 0 Å². The zero-order chi connectivity index (χ0) is 12.0. The molecule has 0 spiro atoms. The van der Waals surface area contributed by atoms with Crippen molar-refractivity contribution >= 4 is 0 Å². The quantitative estimate of drug-likeness (QED) is 0.801. The molecule has 0 saturated heterocycles. The lowest BCUT2D eigenvalue weighted by Crippen LogP contribution is -2.29. The summed E-state index contributed by atoms with van der Waals surface area (Å²) in [7, 11) is 1.63. The van der Waals surface area contributed by atoms with Crippen LogP contribution in [0.5, 0.6) is 0 Å². The van der Waals surface area contributed by atoms with E-state index in [4.69, 9.17) is 4.74 Å². The van der Waals surface area contributed by atoms with E-state index in [1.54, 1.807) is 7.11 Å².